The number of nitriles is 1. The summed E-state index contributed by atoms with van der Waals surface area (Å²) in [6, 6.07) is 7.77. The highest BCUT2D eigenvalue weighted by Crippen LogP contribution is 2.28. The Kier molecular flexibility index (Phi) is 4.60. The number of nitrogens with zero attached hydrogens (tertiary/aromatic N) is 3. The number of hydrogen-bond donors (Lipinski definition) is 0. The van der Waals surface area contributed by atoms with Crippen molar-refractivity contribution < 1.29 is 18.0 Å². The Morgan fingerprint density at radius 1 is 1.30 bits per heavy atom. The fourth-order valence-corrected chi connectivity index (χ4v) is 1.93. The third kappa shape index (κ3) is 3.83. The first kappa shape index (κ1) is 16.4. The summed E-state index contributed by atoms with van der Waals surface area (Å²) < 4.78 is 38.6. The molecule has 0 aliphatic heterocycles. The molecule has 2 heterocycles. The van der Waals surface area contributed by atoms with Crippen molar-refractivity contribution in [1.29, 1.82) is 5.26 Å². The highest BCUT2D eigenvalue weighted by molar-refractivity contribution is 5.87. The highest BCUT2D eigenvalue weighted by atomic mass is 19.4. The van der Waals surface area contributed by atoms with Gasteiger partial charge in [0.2, 0.25) is 0 Å². The van der Waals surface area contributed by atoms with E-state index in [9.17, 15) is 22.8 Å². The molecule has 23 heavy (non-hydrogen) atoms. The molecule has 0 unspecified atom stereocenters. The second-order valence-corrected chi connectivity index (χ2v) is 4.66. The monoisotopic (exact) mass is 321 g/mol. The molecule has 2 aromatic heterocycles. The average molecular weight is 321 g/mol. The van der Waals surface area contributed by atoms with Crippen LogP contribution in [-0.4, -0.2) is 15.3 Å². The number of Topliss-reactive ketones (excluding diaryl/α,β-unsaturated/α-hetero) is 1. The summed E-state index contributed by atoms with van der Waals surface area (Å²) in [5, 5.41) is 9.10. The molecule has 0 aliphatic rings. The lowest BCUT2D eigenvalue weighted by Gasteiger charge is -2.12. The van der Waals surface area contributed by atoms with Crippen LogP contribution in [0.5, 0.6) is 0 Å². The molecule has 0 aromatic carbocycles. The van der Waals surface area contributed by atoms with Crippen molar-refractivity contribution in [3.8, 4) is 6.07 Å². The second kappa shape index (κ2) is 6.44. The zero-order chi connectivity index (χ0) is 17.0. The van der Waals surface area contributed by atoms with E-state index in [2.05, 4.69) is 4.98 Å². The van der Waals surface area contributed by atoms with E-state index in [0.717, 1.165) is 6.07 Å². The first-order valence-corrected chi connectivity index (χ1v) is 6.44. The van der Waals surface area contributed by atoms with Gasteiger partial charge in [0.25, 0.3) is 5.56 Å². The zero-order valence-corrected chi connectivity index (χ0v) is 11.6. The Bertz CT molecular complexity index is 807. The van der Waals surface area contributed by atoms with Gasteiger partial charge in [-0.3, -0.25) is 14.6 Å². The van der Waals surface area contributed by atoms with Gasteiger partial charge in [-0.15, -0.1) is 0 Å². The Balaban J connectivity index is 2.30. The normalized spacial score (nSPS) is 12.4. The van der Waals surface area contributed by atoms with Crippen LogP contribution in [0, 0.1) is 11.3 Å². The molecule has 0 N–H and O–H groups in total. The molecule has 0 saturated carbocycles. The zero-order valence-electron chi connectivity index (χ0n) is 11.6. The molecule has 0 radical (unpaired) electrons. The molecule has 0 bridgehead atoms. The molecule has 2 rings (SSSR count). The number of pyridine rings is 2. The van der Waals surface area contributed by atoms with E-state index in [1.54, 1.807) is 18.2 Å². The van der Waals surface area contributed by atoms with Crippen LogP contribution in [0.25, 0.3) is 0 Å². The van der Waals surface area contributed by atoms with Crippen molar-refractivity contribution in [2.45, 2.75) is 18.6 Å². The molecule has 0 saturated heterocycles. The highest BCUT2D eigenvalue weighted by Gasteiger charge is 2.31. The number of alkyl halides is 3. The number of ketones is 1. The minimum atomic E-state index is -4.63. The summed E-state index contributed by atoms with van der Waals surface area (Å²) >= 11 is 0. The average Bonchev–Trinajstić information content (AvgIpc) is 2.50. The van der Waals surface area contributed by atoms with E-state index in [1.807, 2.05) is 0 Å². The quantitative estimate of drug-likeness (QED) is 0.864. The van der Waals surface area contributed by atoms with E-state index in [0.29, 0.717) is 16.8 Å². The van der Waals surface area contributed by atoms with Crippen molar-refractivity contribution in [1.82, 2.24) is 9.55 Å². The largest absolute Gasteiger partial charge is 0.417 e. The summed E-state index contributed by atoms with van der Waals surface area (Å²) in [6.45, 7) is -0.641. The predicted molar refractivity (Wildman–Crippen MR) is 73.3 cm³/mol. The number of aromatic nitrogens is 2. The van der Waals surface area contributed by atoms with Crippen molar-refractivity contribution >= 4 is 5.78 Å². The van der Waals surface area contributed by atoms with Gasteiger partial charge in [-0.2, -0.15) is 18.4 Å². The smallest absolute Gasteiger partial charge is 0.307 e. The SMILES string of the molecule is N#C[C@H](C(=O)Cn1cc(C(F)(F)F)ccc1=O)c1ccccn1. The molecule has 0 spiro atoms. The van der Waals surface area contributed by atoms with Crippen LogP contribution in [0.2, 0.25) is 0 Å². The minimum Gasteiger partial charge on any atom is -0.307 e. The number of hydrogen-bond acceptors (Lipinski definition) is 4. The van der Waals surface area contributed by atoms with Crippen LogP contribution in [0.15, 0.2) is 47.5 Å². The third-order valence-electron chi connectivity index (χ3n) is 3.07. The van der Waals surface area contributed by atoms with Crippen LogP contribution in [0.4, 0.5) is 13.2 Å². The first-order chi connectivity index (χ1) is 10.8. The number of carbonyl (C=O) groups is 1. The lowest BCUT2D eigenvalue weighted by Crippen LogP contribution is -2.27. The Labute approximate surface area is 128 Å². The molecule has 2 aromatic rings. The number of halogens is 3. The topological polar surface area (TPSA) is 75.8 Å². The van der Waals surface area contributed by atoms with E-state index in [1.165, 1.54) is 12.3 Å². The summed E-state index contributed by atoms with van der Waals surface area (Å²) in [4.78, 5) is 27.7. The van der Waals surface area contributed by atoms with Crippen LogP contribution >= 0.6 is 0 Å². The Morgan fingerprint density at radius 2 is 2.04 bits per heavy atom. The van der Waals surface area contributed by atoms with E-state index in [-0.39, 0.29) is 5.69 Å². The van der Waals surface area contributed by atoms with Gasteiger partial charge in [-0.25, -0.2) is 0 Å². The summed E-state index contributed by atoms with van der Waals surface area (Å²) in [5.74, 6) is -1.97. The molecule has 0 fully saturated rings. The molecular weight excluding hydrogens is 311 g/mol. The summed E-state index contributed by atoms with van der Waals surface area (Å²) in [7, 11) is 0. The lowest BCUT2D eigenvalue weighted by molar-refractivity contribution is -0.138. The maximum absolute atomic E-state index is 12.7. The third-order valence-corrected chi connectivity index (χ3v) is 3.07. The molecule has 5 nitrogen and oxygen atoms in total. The van der Waals surface area contributed by atoms with Gasteiger partial charge in [0, 0.05) is 18.5 Å². The van der Waals surface area contributed by atoms with Gasteiger partial charge in [-0.1, -0.05) is 6.07 Å². The fraction of sp³-hybridized carbons (Fsp3) is 0.200. The number of rotatable bonds is 4. The Morgan fingerprint density at radius 3 is 2.61 bits per heavy atom. The van der Waals surface area contributed by atoms with E-state index < -0.39 is 35.5 Å². The summed E-state index contributed by atoms with van der Waals surface area (Å²) in [5.41, 5.74) is -1.62. The second-order valence-electron chi connectivity index (χ2n) is 4.66. The molecule has 0 aliphatic carbocycles. The van der Waals surface area contributed by atoms with E-state index >= 15 is 0 Å². The maximum atomic E-state index is 12.7. The van der Waals surface area contributed by atoms with Crippen molar-refractivity contribution in [3.05, 3.63) is 64.3 Å². The van der Waals surface area contributed by atoms with Crippen molar-refractivity contribution in [2.75, 3.05) is 0 Å². The van der Waals surface area contributed by atoms with Crippen molar-refractivity contribution in [3.63, 3.8) is 0 Å². The molecular formula is C15H10F3N3O2. The molecule has 118 valence electrons. The van der Waals surface area contributed by atoms with Crippen LogP contribution in [0.1, 0.15) is 17.2 Å². The lowest BCUT2D eigenvalue weighted by atomic mass is 10.0. The molecule has 0 amide bonds. The fourth-order valence-electron chi connectivity index (χ4n) is 1.93. The van der Waals surface area contributed by atoms with Gasteiger partial charge in [0.1, 0.15) is 5.92 Å². The van der Waals surface area contributed by atoms with Gasteiger partial charge in [-0.05, 0) is 18.2 Å². The first-order valence-electron chi connectivity index (χ1n) is 6.44. The molecule has 1 atom stereocenters. The van der Waals surface area contributed by atoms with Gasteiger partial charge < -0.3 is 4.57 Å². The van der Waals surface area contributed by atoms with Crippen LogP contribution in [0.3, 0.4) is 0 Å². The summed E-state index contributed by atoms with van der Waals surface area (Å²) in [6.07, 6.45) is -2.68. The van der Waals surface area contributed by atoms with Gasteiger partial charge in [0.05, 0.1) is 23.9 Å². The number of carbonyl (C=O) groups excluding carboxylic acids is 1. The maximum Gasteiger partial charge on any atom is 0.417 e. The molecule has 8 heteroatoms. The standard InChI is InChI=1S/C15H10F3N3O2/c16-15(17,18)10-4-5-14(23)21(8-10)9-13(22)11(7-19)12-3-1-2-6-20-12/h1-6,8,11H,9H2/t11-/m0/s1. The van der Waals surface area contributed by atoms with Crippen LogP contribution < -0.4 is 5.56 Å². The van der Waals surface area contributed by atoms with Gasteiger partial charge in [0.15, 0.2) is 5.78 Å². The van der Waals surface area contributed by atoms with E-state index in [4.69, 9.17) is 5.26 Å². The van der Waals surface area contributed by atoms with Crippen LogP contribution in [-0.2, 0) is 17.5 Å². The Hall–Kier alpha value is -2.95. The minimum absolute atomic E-state index is 0.181. The predicted octanol–water partition coefficient (Wildman–Crippen LogP) is 2.14. The van der Waals surface area contributed by atoms with Crippen molar-refractivity contribution in [2.24, 2.45) is 0 Å². The van der Waals surface area contributed by atoms with Gasteiger partial charge >= 0.3 is 6.18 Å².